The van der Waals surface area contributed by atoms with Crippen molar-refractivity contribution in [3.8, 4) is 0 Å². The maximum Gasteiger partial charge on any atom is 0.272 e. The summed E-state index contributed by atoms with van der Waals surface area (Å²) in [7, 11) is 3.45. The zero-order valence-corrected chi connectivity index (χ0v) is 14.1. The van der Waals surface area contributed by atoms with E-state index in [2.05, 4.69) is 24.8 Å². The van der Waals surface area contributed by atoms with Crippen LogP contribution >= 0.6 is 0 Å². The van der Waals surface area contributed by atoms with Gasteiger partial charge in [-0.05, 0) is 37.3 Å². The van der Waals surface area contributed by atoms with Crippen molar-refractivity contribution in [2.45, 2.75) is 19.3 Å². The summed E-state index contributed by atoms with van der Waals surface area (Å²) in [5.74, 6) is 1.37. The van der Waals surface area contributed by atoms with Crippen LogP contribution in [0.15, 0.2) is 31.0 Å². The largest absolute Gasteiger partial charge is 0.356 e. The number of anilines is 1. The van der Waals surface area contributed by atoms with Crippen LogP contribution in [0.25, 0.3) is 0 Å². The van der Waals surface area contributed by atoms with Crippen LogP contribution in [0.4, 0.5) is 5.82 Å². The van der Waals surface area contributed by atoms with Gasteiger partial charge in [0.1, 0.15) is 24.2 Å². The molecule has 2 aromatic heterocycles. The Hall–Kier alpha value is -2.57. The summed E-state index contributed by atoms with van der Waals surface area (Å²) in [5.41, 5.74) is 1.37. The van der Waals surface area contributed by atoms with Crippen LogP contribution in [0.2, 0.25) is 0 Å². The normalized spacial score (nSPS) is 17.6. The number of nitrogens with zero attached hydrogens (tertiary/aromatic N) is 6. The predicted octanol–water partition coefficient (Wildman–Crippen LogP) is 1.43. The molecule has 0 aromatic carbocycles. The van der Waals surface area contributed by atoms with Crippen molar-refractivity contribution in [3.63, 3.8) is 0 Å². The highest BCUT2D eigenvalue weighted by Crippen LogP contribution is 2.23. The number of piperidine rings is 1. The first-order valence-corrected chi connectivity index (χ1v) is 8.17. The fourth-order valence-electron chi connectivity index (χ4n) is 3.06. The van der Waals surface area contributed by atoms with Crippen molar-refractivity contribution < 1.29 is 4.79 Å². The number of carbonyl (C=O) groups is 1. The molecule has 0 saturated carbocycles. The molecule has 1 amide bonds. The Kier molecular flexibility index (Phi) is 4.98. The smallest absolute Gasteiger partial charge is 0.272 e. The maximum atomic E-state index is 12.0. The third-order valence-electron chi connectivity index (χ3n) is 4.26. The topological polar surface area (TPSA) is 75.1 Å². The van der Waals surface area contributed by atoms with Crippen molar-refractivity contribution >= 4 is 11.7 Å². The Morgan fingerprint density at radius 1 is 1.29 bits per heavy atom. The summed E-state index contributed by atoms with van der Waals surface area (Å²) < 4.78 is 0. The molecular formula is C17H22N6O. The highest BCUT2D eigenvalue weighted by atomic mass is 16.2. The Morgan fingerprint density at radius 2 is 2.17 bits per heavy atom. The van der Waals surface area contributed by atoms with Gasteiger partial charge in [-0.25, -0.2) is 19.9 Å². The minimum atomic E-state index is -0.0927. The van der Waals surface area contributed by atoms with Gasteiger partial charge in [-0.3, -0.25) is 4.79 Å². The number of hydrogen-bond donors (Lipinski definition) is 0. The number of carbonyl (C=O) groups excluding carboxylic acids is 1. The molecule has 0 N–H and O–H groups in total. The van der Waals surface area contributed by atoms with Gasteiger partial charge in [0.05, 0.1) is 0 Å². The lowest BCUT2D eigenvalue weighted by molar-refractivity contribution is 0.0821. The van der Waals surface area contributed by atoms with Crippen molar-refractivity contribution in [2.24, 2.45) is 5.92 Å². The van der Waals surface area contributed by atoms with E-state index in [0.29, 0.717) is 11.6 Å². The molecular weight excluding hydrogens is 304 g/mol. The average Bonchev–Trinajstić information content (AvgIpc) is 2.62. The second-order valence-electron chi connectivity index (χ2n) is 6.32. The molecule has 0 radical (unpaired) electrons. The van der Waals surface area contributed by atoms with Gasteiger partial charge in [-0.2, -0.15) is 0 Å². The molecule has 24 heavy (non-hydrogen) atoms. The van der Waals surface area contributed by atoms with E-state index < -0.39 is 0 Å². The van der Waals surface area contributed by atoms with Crippen LogP contribution < -0.4 is 4.90 Å². The van der Waals surface area contributed by atoms with Gasteiger partial charge in [0, 0.05) is 39.1 Å². The second-order valence-corrected chi connectivity index (χ2v) is 6.32. The lowest BCUT2D eigenvalue weighted by atomic mass is 9.93. The third kappa shape index (κ3) is 3.84. The van der Waals surface area contributed by atoms with Crippen LogP contribution in [0.1, 0.15) is 29.0 Å². The molecule has 1 unspecified atom stereocenters. The minimum Gasteiger partial charge on any atom is -0.356 e. The first-order valence-electron chi connectivity index (χ1n) is 8.17. The van der Waals surface area contributed by atoms with Gasteiger partial charge in [0.2, 0.25) is 0 Å². The summed E-state index contributed by atoms with van der Waals surface area (Å²) in [6.07, 6.45) is 7.97. The molecule has 126 valence electrons. The van der Waals surface area contributed by atoms with Crippen molar-refractivity contribution in [3.05, 3.63) is 42.4 Å². The zero-order chi connectivity index (χ0) is 16.9. The van der Waals surface area contributed by atoms with E-state index >= 15 is 0 Å². The lowest BCUT2D eigenvalue weighted by Gasteiger charge is -2.33. The molecule has 1 atom stereocenters. The summed E-state index contributed by atoms with van der Waals surface area (Å²) in [4.78, 5) is 32.6. The lowest BCUT2D eigenvalue weighted by Crippen LogP contribution is -2.36. The quantitative estimate of drug-likeness (QED) is 0.846. The SMILES string of the molecule is CN(C)C(=O)c1cc(CC2CCCN(c3ccncn3)C2)ncn1. The first-order chi connectivity index (χ1) is 11.6. The van der Waals surface area contributed by atoms with Gasteiger partial charge in [-0.15, -0.1) is 0 Å². The number of hydrogen-bond acceptors (Lipinski definition) is 6. The minimum absolute atomic E-state index is 0.0927. The van der Waals surface area contributed by atoms with Gasteiger partial charge in [0.15, 0.2) is 0 Å². The number of aromatic nitrogens is 4. The van der Waals surface area contributed by atoms with Gasteiger partial charge < -0.3 is 9.80 Å². The second kappa shape index (κ2) is 7.33. The van der Waals surface area contributed by atoms with E-state index in [9.17, 15) is 4.79 Å². The van der Waals surface area contributed by atoms with Crippen LogP contribution in [0, 0.1) is 5.92 Å². The fraction of sp³-hybridized carbons (Fsp3) is 0.471. The van der Waals surface area contributed by atoms with E-state index in [-0.39, 0.29) is 5.91 Å². The average molecular weight is 326 g/mol. The summed E-state index contributed by atoms with van der Waals surface area (Å²) in [6.45, 7) is 1.96. The molecule has 0 aliphatic carbocycles. The highest BCUT2D eigenvalue weighted by molar-refractivity contribution is 5.91. The van der Waals surface area contributed by atoms with Crippen LogP contribution in [0.5, 0.6) is 0 Å². The molecule has 0 bridgehead atoms. The van der Waals surface area contributed by atoms with Crippen LogP contribution in [-0.2, 0) is 6.42 Å². The van der Waals surface area contributed by atoms with Crippen molar-refractivity contribution in [2.75, 3.05) is 32.1 Å². The van der Waals surface area contributed by atoms with Crippen molar-refractivity contribution in [1.82, 2.24) is 24.8 Å². The summed E-state index contributed by atoms with van der Waals surface area (Å²) >= 11 is 0. The molecule has 1 aliphatic rings. The maximum absolute atomic E-state index is 12.0. The molecule has 7 heteroatoms. The van der Waals surface area contributed by atoms with Crippen LogP contribution in [-0.4, -0.2) is 57.9 Å². The van der Waals surface area contributed by atoms with E-state index in [1.54, 1.807) is 26.6 Å². The van der Waals surface area contributed by atoms with E-state index in [0.717, 1.165) is 43.9 Å². The van der Waals surface area contributed by atoms with Gasteiger partial charge in [0.25, 0.3) is 5.91 Å². The van der Waals surface area contributed by atoms with Crippen molar-refractivity contribution in [1.29, 1.82) is 0 Å². The monoisotopic (exact) mass is 326 g/mol. The number of amides is 1. The Bertz CT molecular complexity index is 690. The molecule has 2 aromatic rings. The Balaban J connectivity index is 1.67. The molecule has 3 heterocycles. The van der Waals surface area contributed by atoms with E-state index in [1.807, 2.05) is 12.1 Å². The molecule has 0 spiro atoms. The zero-order valence-electron chi connectivity index (χ0n) is 14.1. The molecule has 3 rings (SSSR count). The molecule has 7 nitrogen and oxygen atoms in total. The summed E-state index contributed by atoms with van der Waals surface area (Å²) in [6, 6.07) is 3.76. The first kappa shape index (κ1) is 16.3. The molecule has 1 fully saturated rings. The van der Waals surface area contributed by atoms with E-state index in [4.69, 9.17) is 0 Å². The third-order valence-corrected chi connectivity index (χ3v) is 4.26. The fourth-order valence-corrected chi connectivity index (χ4v) is 3.06. The van der Waals surface area contributed by atoms with Gasteiger partial charge >= 0.3 is 0 Å². The Labute approximate surface area is 141 Å². The van der Waals surface area contributed by atoms with E-state index in [1.165, 1.54) is 11.2 Å². The predicted molar refractivity (Wildman–Crippen MR) is 90.7 cm³/mol. The molecule has 1 aliphatic heterocycles. The standard InChI is InChI=1S/C17H22N6O/c1-22(2)17(24)15-9-14(19-12-20-15)8-13-4-3-7-23(10-13)16-5-6-18-11-21-16/h5-6,9,11-13H,3-4,7-8,10H2,1-2H3. The van der Waals surface area contributed by atoms with Gasteiger partial charge in [-0.1, -0.05) is 0 Å². The summed E-state index contributed by atoms with van der Waals surface area (Å²) in [5, 5.41) is 0. The van der Waals surface area contributed by atoms with Crippen LogP contribution in [0.3, 0.4) is 0 Å². The Morgan fingerprint density at radius 3 is 2.92 bits per heavy atom. The number of rotatable bonds is 4. The highest BCUT2D eigenvalue weighted by Gasteiger charge is 2.22. The molecule has 1 saturated heterocycles.